The molecule has 2 aromatic rings. The van der Waals surface area contributed by atoms with Crippen molar-refractivity contribution >= 4 is 34.9 Å². The molecule has 3 fully saturated rings. The van der Waals surface area contributed by atoms with E-state index in [1.807, 2.05) is 0 Å². The van der Waals surface area contributed by atoms with Gasteiger partial charge in [-0.05, 0) is 61.4 Å². The van der Waals surface area contributed by atoms with Crippen molar-refractivity contribution < 1.29 is 28.8 Å². The number of nitro benzene ring substituents is 1. The number of benzene rings is 2. The van der Waals surface area contributed by atoms with Crippen LogP contribution in [-0.4, -0.2) is 35.1 Å². The second-order valence-corrected chi connectivity index (χ2v) is 8.75. The summed E-state index contributed by atoms with van der Waals surface area (Å²) in [4.78, 5) is 62.1. The van der Waals surface area contributed by atoms with Crippen LogP contribution in [0.4, 0.5) is 11.4 Å². The van der Waals surface area contributed by atoms with Gasteiger partial charge in [0.15, 0.2) is 12.4 Å². The van der Waals surface area contributed by atoms with E-state index in [9.17, 15) is 29.3 Å². The quantitative estimate of drug-likeness (QED) is 0.219. The number of non-ortho nitro benzene ring substituents is 1. The third-order valence-electron chi connectivity index (χ3n) is 7.00. The molecule has 0 N–H and O–H groups in total. The Labute approximate surface area is 188 Å². The monoisotopic (exact) mass is 448 g/mol. The molecule has 9 nitrogen and oxygen atoms in total. The topological polar surface area (TPSA) is 124 Å². The summed E-state index contributed by atoms with van der Waals surface area (Å²) in [5, 5.41) is 10.7. The Balaban J connectivity index is 1.27. The maximum absolute atomic E-state index is 13.0. The van der Waals surface area contributed by atoms with Crippen molar-refractivity contribution in [3.63, 3.8) is 0 Å². The summed E-state index contributed by atoms with van der Waals surface area (Å²) in [6.45, 7) is -0.546. The number of fused-ring (bicyclic) bond motifs is 5. The second kappa shape index (κ2) is 7.91. The predicted molar refractivity (Wildman–Crippen MR) is 114 cm³/mol. The molecule has 2 saturated carbocycles. The van der Waals surface area contributed by atoms with Crippen LogP contribution in [0.3, 0.4) is 0 Å². The molecule has 2 bridgehead atoms. The summed E-state index contributed by atoms with van der Waals surface area (Å²) in [5.74, 6) is -1.67. The number of ketones is 1. The van der Waals surface area contributed by atoms with E-state index in [1.54, 1.807) is 12.1 Å². The van der Waals surface area contributed by atoms with Crippen LogP contribution in [-0.2, 0) is 14.3 Å². The predicted octanol–water partition coefficient (Wildman–Crippen LogP) is 3.17. The largest absolute Gasteiger partial charge is 0.454 e. The fraction of sp³-hybridized carbons (Fsp3) is 0.333. The number of carbonyl (C=O) groups is 4. The summed E-state index contributed by atoms with van der Waals surface area (Å²) in [6, 6.07) is 11.1. The van der Waals surface area contributed by atoms with Crippen LogP contribution in [0, 0.1) is 33.8 Å². The van der Waals surface area contributed by atoms with Crippen LogP contribution in [0.5, 0.6) is 0 Å². The molecule has 0 radical (unpaired) electrons. The molecule has 2 aromatic carbocycles. The molecule has 5 rings (SSSR count). The van der Waals surface area contributed by atoms with Crippen molar-refractivity contribution in [2.45, 2.75) is 19.3 Å². The van der Waals surface area contributed by atoms with Crippen molar-refractivity contribution in [1.82, 2.24) is 0 Å². The fourth-order valence-electron chi connectivity index (χ4n) is 5.50. The van der Waals surface area contributed by atoms with E-state index in [0.29, 0.717) is 5.69 Å². The molecule has 2 amide bonds. The minimum absolute atomic E-state index is 0.115. The van der Waals surface area contributed by atoms with E-state index in [2.05, 4.69) is 0 Å². The SMILES string of the molecule is O=C(COC(=O)c1cccc(N2C(=O)[C@H]3[C@@H]4CC[C@@H](C4)[C@@H]3C2=O)c1)c1ccc([N+](=O)[O-])cc1. The molecule has 1 aliphatic heterocycles. The van der Waals surface area contributed by atoms with Gasteiger partial charge in [0.05, 0.1) is 28.0 Å². The molecule has 3 aliphatic rings. The summed E-state index contributed by atoms with van der Waals surface area (Å²) in [5.41, 5.74) is 0.472. The number of amides is 2. The Bertz CT molecular complexity index is 1160. The lowest BCUT2D eigenvalue weighted by molar-refractivity contribution is -0.384. The number of nitro groups is 1. The van der Waals surface area contributed by atoms with Crippen LogP contribution in [0.1, 0.15) is 40.0 Å². The third-order valence-corrected chi connectivity index (χ3v) is 7.00. The van der Waals surface area contributed by atoms with Gasteiger partial charge in [0.2, 0.25) is 11.8 Å². The molecule has 0 spiro atoms. The lowest BCUT2D eigenvalue weighted by Crippen LogP contribution is -2.32. The van der Waals surface area contributed by atoms with E-state index >= 15 is 0 Å². The van der Waals surface area contributed by atoms with E-state index in [1.165, 1.54) is 41.3 Å². The molecule has 0 unspecified atom stereocenters. The first kappa shape index (κ1) is 21.0. The zero-order chi connectivity index (χ0) is 23.3. The number of Topliss-reactive ketones (excluding diaryl/α,β-unsaturated/α-hetero) is 1. The molecular formula is C24H20N2O7. The van der Waals surface area contributed by atoms with Gasteiger partial charge in [0, 0.05) is 17.7 Å². The van der Waals surface area contributed by atoms with Gasteiger partial charge in [-0.25, -0.2) is 4.79 Å². The number of ether oxygens (including phenoxy) is 1. The van der Waals surface area contributed by atoms with Crippen LogP contribution in [0.15, 0.2) is 48.5 Å². The Hall–Kier alpha value is -3.88. The number of carbonyl (C=O) groups excluding carboxylic acids is 4. The maximum Gasteiger partial charge on any atom is 0.338 e. The van der Waals surface area contributed by atoms with Crippen LogP contribution in [0.2, 0.25) is 0 Å². The second-order valence-electron chi connectivity index (χ2n) is 8.75. The number of hydrogen-bond acceptors (Lipinski definition) is 7. The van der Waals surface area contributed by atoms with Gasteiger partial charge in [0.25, 0.3) is 5.69 Å². The highest BCUT2D eigenvalue weighted by atomic mass is 16.6. The van der Waals surface area contributed by atoms with Crippen molar-refractivity contribution in [3.8, 4) is 0 Å². The van der Waals surface area contributed by atoms with Crippen LogP contribution < -0.4 is 4.90 Å². The lowest BCUT2D eigenvalue weighted by Gasteiger charge is -2.19. The molecule has 1 heterocycles. The molecule has 0 aromatic heterocycles. The Kier molecular flexibility index (Phi) is 5.03. The Morgan fingerprint density at radius 3 is 2.21 bits per heavy atom. The number of rotatable bonds is 6. The molecule has 2 aliphatic carbocycles. The number of anilines is 1. The first-order valence-corrected chi connectivity index (χ1v) is 10.8. The highest BCUT2D eigenvalue weighted by Crippen LogP contribution is 2.56. The number of esters is 1. The Morgan fingerprint density at radius 2 is 1.61 bits per heavy atom. The molecule has 33 heavy (non-hydrogen) atoms. The number of nitrogens with zero attached hydrogens (tertiary/aromatic N) is 2. The lowest BCUT2D eigenvalue weighted by atomic mass is 9.81. The fourth-order valence-corrected chi connectivity index (χ4v) is 5.50. The average molecular weight is 448 g/mol. The van der Waals surface area contributed by atoms with Crippen LogP contribution in [0.25, 0.3) is 0 Å². The number of hydrogen-bond donors (Lipinski definition) is 0. The molecular weight excluding hydrogens is 428 g/mol. The van der Waals surface area contributed by atoms with Gasteiger partial charge in [-0.2, -0.15) is 0 Å². The van der Waals surface area contributed by atoms with Crippen LogP contribution >= 0.6 is 0 Å². The average Bonchev–Trinajstić information content (AvgIpc) is 3.51. The highest BCUT2D eigenvalue weighted by molar-refractivity contribution is 6.22. The zero-order valence-electron chi connectivity index (χ0n) is 17.5. The van der Waals surface area contributed by atoms with E-state index in [4.69, 9.17) is 4.74 Å². The minimum atomic E-state index is -0.772. The minimum Gasteiger partial charge on any atom is -0.454 e. The molecule has 4 atom stereocenters. The molecule has 168 valence electrons. The van der Waals surface area contributed by atoms with E-state index in [-0.39, 0.29) is 52.3 Å². The Morgan fingerprint density at radius 1 is 0.970 bits per heavy atom. The van der Waals surface area contributed by atoms with Gasteiger partial charge < -0.3 is 4.74 Å². The smallest absolute Gasteiger partial charge is 0.338 e. The van der Waals surface area contributed by atoms with E-state index in [0.717, 1.165) is 19.3 Å². The summed E-state index contributed by atoms with van der Waals surface area (Å²) in [6.07, 6.45) is 2.90. The van der Waals surface area contributed by atoms with Gasteiger partial charge in [-0.3, -0.25) is 29.4 Å². The van der Waals surface area contributed by atoms with Crippen molar-refractivity contribution in [3.05, 3.63) is 69.8 Å². The van der Waals surface area contributed by atoms with Crippen molar-refractivity contribution in [1.29, 1.82) is 0 Å². The van der Waals surface area contributed by atoms with Gasteiger partial charge in [-0.1, -0.05) is 6.07 Å². The maximum atomic E-state index is 13.0. The normalized spacial score (nSPS) is 25.3. The standard InChI is InChI=1S/C24H20N2O7/c27-19(13-6-8-17(9-7-13)26(31)32)12-33-24(30)16-2-1-3-18(11-16)25-22(28)20-14-4-5-15(10-14)21(20)23(25)29/h1-3,6-9,11,14-15,20-21H,4-5,10,12H2/t14-,15+,20-,21-/m0/s1. The summed E-state index contributed by atoms with van der Waals surface area (Å²) in [7, 11) is 0. The molecule has 9 heteroatoms. The molecule has 1 saturated heterocycles. The van der Waals surface area contributed by atoms with Crippen molar-refractivity contribution in [2.24, 2.45) is 23.7 Å². The first-order chi connectivity index (χ1) is 15.8. The number of imide groups is 1. The zero-order valence-corrected chi connectivity index (χ0v) is 17.5. The summed E-state index contributed by atoms with van der Waals surface area (Å²) >= 11 is 0. The van der Waals surface area contributed by atoms with Gasteiger partial charge in [-0.15, -0.1) is 0 Å². The third kappa shape index (κ3) is 3.49. The van der Waals surface area contributed by atoms with Gasteiger partial charge in [0.1, 0.15) is 0 Å². The van der Waals surface area contributed by atoms with E-state index < -0.39 is 23.3 Å². The summed E-state index contributed by atoms with van der Waals surface area (Å²) < 4.78 is 5.10. The first-order valence-electron chi connectivity index (χ1n) is 10.8. The highest BCUT2D eigenvalue weighted by Gasteiger charge is 2.61. The van der Waals surface area contributed by atoms with Crippen molar-refractivity contribution in [2.75, 3.05) is 11.5 Å². The van der Waals surface area contributed by atoms with Gasteiger partial charge >= 0.3 is 5.97 Å².